The Morgan fingerprint density at radius 1 is 1.00 bits per heavy atom. The van der Waals surface area contributed by atoms with Crippen LogP contribution in [0.15, 0.2) is 48.7 Å². The molecule has 1 aliphatic rings. The third-order valence-electron chi connectivity index (χ3n) is 5.10. The van der Waals surface area contributed by atoms with Gasteiger partial charge in [-0.2, -0.15) is 9.67 Å². The number of piperidine rings is 1. The number of nitrogens with one attached hydrogen (secondary N) is 1. The molecule has 0 spiro atoms. The van der Waals surface area contributed by atoms with E-state index < -0.39 is 0 Å². The summed E-state index contributed by atoms with van der Waals surface area (Å²) >= 11 is 0. The molecule has 0 atom stereocenters. The molecule has 0 saturated carbocycles. The fourth-order valence-corrected chi connectivity index (χ4v) is 3.60. The SMILES string of the molecule is Nc1nc(Nc2ccc(CCCN3CCCCC3)cc2)nn1-c1ccccn1. The van der Waals surface area contributed by atoms with Crippen molar-refractivity contribution in [3.05, 3.63) is 54.2 Å². The molecule has 0 bridgehead atoms. The summed E-state index contributed by atoms with van der Waals surface area (Å²) in [4.78, 5) is 11.1. The molecule has 2 aromatic heterocycles. The number of pyridine rings is 1. The summed E-state index contributed by atoms with van der Waals surface area (Å²) in [6.45, 7) is 3.74. The molecular weight excluding hydrogens is 350 g/mol. The standard InChI is InChI=1S/C21H27N7/c22-20-25-21(26-28(20)19-8-2-3-13-23-19)24-18-11-9-17(10-12-18)7-6-16-27-14-4-1-5-15-27/h2-3,8-13H,1,4-7,14-16H2,(H3,22,24,25,26). The van der Waals surface area contributed by atoms with Gasteiger partial charge in [-0.15, -0.1) is 5.10 Å². The lowest BCUT2D eigenvalue weighted by Crippen LogP contribution is -2.30. The summed E-state index contributed by atoms with van der Waals surface area (Å²) < 4.78 is 1.53. The number of nitrogens with two attached hydrogens (primary N) is 1. The predicted molar refractivity (Wildman–Crippen MR) is 112 cm³/mol. The molecule has 0 aliphatic carbocycles. The number of likely N-dealkylation sites (tertiary alicyclic amines) is 1. The van der Waals surface area contributed by atoms with Crippen LogP contribution >= 0.6 is 0 Å². The van der Waals surface area contributed by atoms with Crippen molar-refractivity contribution < 1.29 is 0 Å². The van der Waals surface area contributed by atoms with Gasteiger partial charge in [0, 0.05) is 11.9 Å². The quantitative estimate of drug-likeness (QED) is 0.656. The van der Waals surface area contributed by atoms with E-state index in [4.69, 9.17) is 5.73 Å². The zero-order valence-corrected chi connectivity index (χ0v) is 16.1. The maximum atomic E-state index is 5.97. The second-order valence-corrected chi connectivity index (χ2v) is 7.22. The number of rotatable bonds is 7. The highest BCUT2D eigenvalue weighted by Gasteiger charge is 2.11. The van der Waals surface area contributed by atoms with Crippen molar-refractivity contribution in [3.63, 3.8) is 0 Å². The van der Waals surface area contributed by atoms with Crippen molar-refractivity contribution in [2.45, 2.75) is 32.1 Å². The van der Waals surface area contributed by atoms with Crippen molar-refractivity contribution >= 4 is 17.6 Å². The van der Waals surface area contributed by atoms with Gasteiger partial charge in [0.2, 0.25) is 11.9 Å². The second kappa shape index (κ2) is 8.84. The molecule has 1 aromatic carbocycles. The molecule has 28 heavy (non-hydrogen) atoms. The number of hydrogen-bond acceptors (Lipinski definition) is 6. The molecule has 1 saturated heterocycles. The first-order chi connectivity index (χ1) is 13.8. The molecule has 3 N–H and O–H groups in total. The molecule has 3 aromatic rings. The van der Waals surface area contributed by atoms with Crippen LogP contribution in [0, 0.1) is 0 Å². The Morgan fingerprint density at radius 3 is 2.57 bits per heavy atom. The van der Waals surface area contributed by atoms with Crippen LogP contribution in [0.25, 0.3) is 5.82 Å². The summed E-state index contributed by atoms with van der Waals surface area (Å²) in [5.74, 6) is 1.40. The zero-order chi connectivity index (χ0) is 19.2. The van der Waals surface area contributed by atoms with Gasteiger partial charge >= 0.3 is 0 Å². The van der Waals surface area contributed by atoms with E-state index in [0.717, 1.165) is 12.1 Å². The summed E-state index contributed by atoms with van der Waals surface area (Å²) in [5.41, 5.74) is 8.27. The minimum atomic E-state index is 0.301. The van der Waals surface area contributed by atoms with E-state index in [2.05, 4.69) is 49.5 Å². The maximum Gasteiger partial charge on any atom is 0.248 e. The Balaban J connectivity index is 1.32. The van der Waals surface area contributed by atoms with Crippen LogP contribution in [0.4, 0.5) is 17.6 Å². The third kappa shape index (κ3) is 4.67. The number of aryl methyl sites for hydroxylation is 1. The number of anilines is 3. The fraction of sp³-hybridized carbons (Fsp3) is 0.381. The predicted octanol–water partition coefficient (Wildman–Crippen LogP) is 3.41. The Bertz CT molecular complexity index is 868. The van der Waals surface area contributed by atoms with Crippen LogP contribution in [0.1, 0.15) is 31.2 Å². The van der Waals surface area contributed by atoms with Crippen LogP contribution in [0.3, 0.4) is 0 Å². The van der Waals surface area contributed by atoms with Crippen LogP contribution in [0.2, 0.25) is 0 Å². The maximum absolute atomic E-state index is 5.97. The molecule has 1 aliphatic heterocycles. The van der Waals surface area contributed by atoms with Gasteiger partial charge < -0.3 is 16.0 Å². The summed E-state index contributed by atoms with van der Waals surface area (Å²) in [6, 6.07) is 14.0. The summed E-state index contributed by atoms with van der Waals surface area (Å²) in [5, 5.41) is 7.61. The van der Waals surface area contributed by atoms with Crippen LogP contribution in [0.5, 0.6) is 0 Å². The van der Waals surface area contributed by atoms with Crippen LogP contribution < -0.4 is 11.1 Å². The number of aromatic nitrogens is 4. The number of nitrogen functional groups attached to an aromatic ring is 1. The van der Waals surface area contributed by atoms with E-state index in [1.54, 1.807) is 6.20 Å². The first-order valence-corrected chi connectivity index (χ1v) is 10.0. The Kier molecular flexibility index (Phi) is 5.82. The number of hydrogen-bond donors (Lipinski definition) is 2. The smallest absolute Gasteiger partial charge is 0.248 e. The highest BCUT2D eigenvalue weighted by molar-refractivity contribution is 5.55. The van der Waals surface area contributed by atoms with Crippen molar-refractivity contribution in [1.29, 1.82) is 0 Å². The van der Waals surface area contributed by atoms with E-state index in [9.17, 15) is 0 Å². The first kappa shape index (κ1) is 18.4. The lowest BCUT2D eigenvalue weighted by molar-refractivity contribution is 0.226. The average Bonchev–Trinajstić information content (AvgIpc) is 3.11. The molecule has 7 nitrogen and oxygen atoms in total. The van der Waals surface area contributed by atoms with Crippen LogP contribution in [-0.2, 0) is 6.42 Å². The fourth-order valence-electron chi connectivity index (χ4n) is 3.60. The van der Waals surface area contributed by atoms with Gasteiger partial charge in [0.1, 0.15) is 0 Å². The Hall–Kier alpha value is -2.93. The Labute approximate surface area is 165 Å². The topological polar surface area (TPSA) is 84.9 Å². The Morgan fingerprint density at radius 2 is 1.82 bits per heavy atom. The molecule has 7 heteroatoms. The van der Waals surface area contributed by atoms with E-state index >= 15 is 0 Å². The zero-order valence-electron chi connectivity index (χ0n) is 16.1. The van der Waals surface area contributed by atoms with Gasteiger partial charge in [0.05, 0.1) is 0 Å². The highest BCUT2D eigenvalue weighted by Crippen LogP contribution is 2.18. The molecular formula is C21H27N7. The monoisotopic (exact) mass is 377 g/mol. The van der Waals surface area contributed by atoms with Gasteiger partial charge in [0.25, 0.3) is 0 Å². The minimum absolute atomic E-state index is 0.301. The van der Waals surface area contributed by atoms with Gasteiger partial charge in [-0.1, -0.05) is 24.6 Å². The molecule has 146 valence electrons. The van der Waals surface area contributed by atoms with Crippen molar-refractivity contribution in [1.82, 2.24) is 24.6 Å². The first-order valence-electron chi connectivity index (χ1n) is 10.0. The summed E-state index contributed by atoms with van der Waals surface area (Å²) in [7, 11) is 0. The van der Waals surface area contributed by atoms with E-state index in [-0.39, 0.29) is 0 Å². The van der Waals surface area contributed by atoms with Gasteiger partial charge in [0.15, 0.2) is 5.82 Å². The van der Waals surface area contributed by atoms with Crippen molar-refractivity contribution in [3.8, 4) is 5.82 Å². The van der Waals surface area contributed by atoms with E-state index in [1.807, 2.05) is 18.2 Å². The normalized spacial score (nSPS) is 14.9. The van der Waals surface area contributed by atoms with Gasteiger partial charge in [-0.05, 0) is 75.1 Å². The summed E-state index contributed by atoms with van der Waals surface area (Å²) in [6.07, 6.45) is 8.12. The largest absolute Gasteiger partial charge is 0.368 e. The van der Waals surface area contributed by atoms with E-state index in [0.29, 0.717) is 17.7 Å². The highest BCUT2D eigenvalue weighted by atomic mass is 15.4. The van der Waals surface area contributed by atoms with E-state index in [1.165, 1.54) is 55.6 Å². The van der Waals surface area contributed by atoms with Crippen molar-refractivity contribution in [2.24, 2.45) is 0 Å². The molecule has 0 amide bonds. The second-order valence-electron chi connectivity index (χ2n) is 7.22. The van der Waals surface area contributed by atoms with Crippen molar-refractivity contribution in [2.75, 3.05) is 30.7 Å². The molecule has 1 fully saturated rings. The lowest BCUT2D eigenvalue weighted by atomic mass is 10.1. The molecule has 3 heterocycles. The minimum Gasteiger partial charge on any atom is -0.368 e. The van der Waals surface area contributed by atoms with Crippen LogP contribution in [-0.4, -0.2) is 44.3 Å². The third-order valence-corrected chi connectivity index (χ3v) is 5.10. The molecule has 0 unspecified atom stereocenters. The average molecular weight is 377 g/mol. The van der Waals surface area contributed by atoms with Gasteiger partial charge in [-0.25, -0.2) is 4.98 Å². The van der Waals surface area contributed by atoms with Gasteiger partial charge in [-0.3, -0.25) is 0 Å². The number of benzene rings is 1. The molecule has 4 rings (SSSR count). The number of nitrogens with zero attached hydrogens (tertiary/aromatic N) is 5. The molecule has 0 radical (unpaired) electrons. The lowest BCUT2D eigenvalue weighted by Gasteiger charge is -2.26.